The number of hydrogen-bond donors (Lipinski definition) is 2. The molecule has 7 heteroatoms. The zero-order valence-electron chi connectivity index (χ0n) is 25.5. The maximum atomic E-state index is 14.3. The quantitative estimate of drug-likeness (QED) is 0.311. The molecule has 0 bridgehead atoms. The van der Waals surface area contributed by atoms with Crippen molar-refractivity contribution in [1.82, 2.24) is 10.2 Å². The Labute approximate surface area is 244 Å². The van der Waals surface area contributed by atoms with Crippen molar-refractivity contribution in [3.05, 3.63) is 100 Å². The van der Waals surface area contributed by atoms with Gasteiger partial charge in [-0.05, 0) is 77.6 Å². The zero-order chi connectivity index (χ0) is 30.3. The first-order valence-electron chi connectivity index (χ1n) is 14.1. The summed E-state index contributed by atoms with van der Waals surface area (Å²) >= 11 is 0. The molecule has 2 N–H and O–H groups in total. The van der Waals surface area contributed by atoms with Crippen LogP contribution in [0, 0.1) is 27.7 Å². The molecule has 0 heterocycles. The number of benzene rings is 3. The Kier molecular flexibility index (Phi) is 10.3. The highest BCUT2D eigenvalue weighted by molar-refractivity contribution is 6.00. The molecule has 0 aliphatic carbocycles. The van der Waals surface area contributed by atoms with Gasteiger partial charge < -0.3 is 20.3 Å². The molecule has 0 saturated carbocycles. The van der Waals surface area contributed by atoms with Crippen LogP contribution < -0.4 is 10.6 Å². The Morgan fingerprint density at radius 3 is 1.98 bits per heavy atom. The summed E-state index contributed by atoms with van der Waals surface area (Å²) in [6.45, 7) is 15.2. The smallest absolute Gasteiger partial charge is 0.408 e. The second kappa shape index (κ2) is 13.5. The number of ether oxygens (including phenoxy) is 1. The first-order valence-corrected chi connectivity index (χ1v) is 14.1. The van der Waals surface area contributed by atoms with Crippen molar-refractivity contribution in [2.45, 2.75) is 79.5 Å². The number of hydrogen-bond acceptors (Lipinski definition) is 4. The van der Waals surface area contributed by atoms with E-state index < -0.39 is 23.8 Å². The third-order valence-corrected chi connectivity index (χ3v) is 6.74. The lowest BCUT2D eigenvalue weighted by atomic mass is 9.97. The van der Waals surface area contributed by atoms with Crippen molar-refractivity contribution < 1.29 is 19.1 Å². The van der Waals surface area contributed by atoms with Gasteiger partial charge in [-0.15, -0.1) is 0 Å². The van der Waals surface area contributed by atoms with Gasteiger partial charge in [0.2, 0.25) is 5.91 Å². The van der Waals surface area contributed by atoms with E-state index in [1.54, 1.807) is 25.7 Å². The van der Waals surface area contributed by atoms with Crippen LogP contribution in [-0.4, -0.2) is 41.0 Å². The number of anilines is 1. The number of amides is 3. The van der Waals surface area contributed by atoms with E-state index in [9.17, 15) is 14.4 Å². The van der Waals surface area contributed by atoms with Crippen molar-refractivity contribution in [3.63, 3.8) is 0 Å². The molecule has 0 fully saturated rings. The van der Waals surface area contributed by atoms with Crippen LogP contribution in [0.1, 0.15) is 67.1 Å². The number of carbonyl (C=O) groups excluding carboxylic acids is 3. The van der Waals surface area contributed by atoms with Crippen LogP contribution in [-0.2, 0) is 20.7 Å². The van der Waals surface area contributed by atoms with Crippen molar-refractivity contribution in [2.75, 3.05) is 11.9 Å². The summed E-state index contributed by atoms with van der Waals surface area (Å²) in [5.41, 5.74) is 5.41. The normalized spacial score (nSPS) is 12.7. The van der Waals surface area contributed by atoms with Gasteiger partial charge in [0.15, 0.2) is 0 Å². The number of alkyl carbamates (subject to hydrolysis) is 1. The van der Waals surface area contributed by atoms with Gasteiger partial charge in [-0.3, -0.25) is 9.59 Å². The molecule has 41 heavy (non-hydrogen) atoms. The first kappa shape index (κ1) is 31.4. The third-order valence-electron chi connectivity index (χ3n) is 6.74. The fourth-order valence-electron chi connectivity index (χ4n) is 5.01. The van der Waals surface area contributed by atoms with E-state index in [0.29, 0.717) is 5.56 Å². The Hall–Kier alpha value is -4.13. The molecule has 0 aliphatic rings. The summed E-state index contributed by atoms with van der Waals surface area (Å²) in [4.78, 5) is 42.9. The predicted molar refractivity (Wildman–Crippen MR) is 164 cm³/mol. The molecule has 0 radical (unpaired) electrons. The van der Waals surface area contributed by atoms with Gasteiger partial charge >= 0.3 is 6.09 Å². The highest BCUT2D eigenvalue weighted by Crippen LogP contribution is 2.28. The molecule has 0 spiro atoms. The lowest BCUT2D eigenvalue weighted by molar-refractivity contribution is -0.140. The van der Waals surface area contributed by atoms with Crippen LogP contribution in [0.15, 0.2) is 66.7 Å². The average molecular weight is 558 g/mol. The van der Waals surface area contributed by atoms with Gasteiger partial charge in [-0.25, -0.2) is 4.79 Å². The van der Waals surface area contributed by atoms with Gasteiger partial charge in [0.25, 0.3) is 5.91 Å². The maximum absolute atomic E-state index is 14.3. The van der Waals surface area contributed by atoms with Crippen LogP contribution in [0.3, 0.4) is 0 Å². The zero-order valence-corrected chi connectivity index (χ0v) is 25.5. The molecule has 3 amide bonds. The summed E-state index contributed by atoms with van der Waals surface area (Å²) in [5, 5.41) is 5.89. The van der Waals surface area contributed by atoms with Gasteiger partial charge in [-0.2, -0.15) is 0 Å². The Balaban J connectivity index is 2.06. The lowest BCUT2D eigenvalue weighted by Crippen LogP contribution is -2.53. The van der Waals surface area contributed by atoms with Gasteiger partial charge in [0.05, 0.1) is 0 Å². The number of nitrogens with one attached hydrogen (secondary N) is 2. The first-order chi connectivity index (χ1) is 19.3. The van der Waals surface area contributed by atoms with Crippen LogP contribution in [0.5, 0.6) is 0 Å². The largest absolute Gasteiger partial charge is 0.444 e. The molecule has 0 aliphatic heterocycles. The molecule has 2 atom stereocenters. The summed E-state index contributed by atoms with van der Waals surface area (Å²) in [7, 11) is 0. The number of rotatable bonds is 9. The van der Waals surface area contributed by atoms with Crippen LogP contribution >= 0.6 is 0 Å². The second-order valence-electron chi connectivity index (χ2n) is 11.6. The van der Waals surface area contributed by atoms with E-state index in [1.165, 1.54) is 0 Å². The summed E-state index contributed by atoms with van der Waals surface area (Å²) in [6.07, 6.45) is -0.446. The predicted octanol–water partition coefficient (Wildman–Crippen LogP) is 6.58. The summed E-state index contributed by atoms with van der Waals surface area (Å²) in [5.74, 6) is -0.693. The molecular formula is C34H43N3O4. The highest BCUT2D eigenvalue weighted by atomic mass is 16.6. The number of carbonyl (C=O) groups is 3. The third kappa shape index (κ3) is 8.68. The molecule has 0 aromatic heterocycles. The molecule has 3 aromatic carbocycles. The fourth-order valence-corrected chi connectivity index (χ4v) is 5.01. The van der Waals surface area contributed by atoms with Crippen molar-refractivity contribution >= 4 is 23.6 Å². The number of para-hydroxylation sites is 1. The number of likely N-dealkylation sites (N-methyl/N-ethyl adjacent to an activating group) is 1. The maximum Gasteiger partial charge on any atom is 0.408 e. The monoisotopic (exact) mass is 557 g/mol. The van der Waals surface area contributed by atoms with E-state index in [4.69, 9.17) is 4.74 Å². The standard InChI is InChI=1S/C34H43N3O4/c1-9-37(32(39)28(21-26-16-11-10-12-17-26)35-33(40)41-34(6,7)8)30(27-19-22(2)18-23(3)20-27)31(38)36-29-24(4)14-13-15-25(29)5/h10-20,28,30H,9,21H2,1-8H3,(H,35,40)(H,36,38). The van der Waals surface area contributed by atoms with Gasteiger partial charge in [0.1, 0.15) is 17.7 Å². The molecule has 7 nitrogen and oxygen atoms in total. The van der Waals surface area contributed by atoms with E-state index in [2.05, 4.69) is 10.6 Å². The van der Waals surface area contributed by atoms with E-state index in [0.717, 1.165) is 33.5 Å². The fraction of sp³-hybridized carbons (Fsp3) is 0.382. The van der Waals surface area contributed by atoms with Crippen LogP contribution in [0.25, 0.3) is 0 Å². The molecule has 0 saturated heterocycles. The van der Waals surface area contributed by atoms with E-state index >= 15 is 0 Å². The van der Waals surface area contributed by atoms with Crippen LogP contribution in [0.2, 0.25) is 0 Å². The van der Waals surface area contributed by atoms with Crippen molar-refractivity contribution in [2.24, 2.45) is 0 Å². The molecular weight excluding hydrogens is 514 g/mol. The topological polar surface area (TPSA) is 87.7 Å². The van der Waals surface area contributed by atoms with Gasteiger partial charge in [0, 0.05) is 18.7 Å². The average Bonchev–Trinajstić information content (AvgIpc) is 2.87. The minimum Gasteiger partial charge on any atom is -0.444 e. The summed E-state index contributed by atoms with van der Waals surface area (Å²) in [6, 6.07) is 19.3. The Morgan fingerprint density at radius 2 is 1.44 bits per heavy atom. The van der Waals surface area contributed by atoms with E-state index in [1.807, 2.05) is 101 Å². The lowest BCUT2D eigenvalue weighted by Gasteiger charge is -2.34. The van der Waals surface area contributed by atoms with Crippen molar-refractivity contribution in [3.8, 4) is 0 Å². The van der Waals surface area contributed by atoms with E-state index in [-0.39, 0.29) is 24.8 Å². The number of nitrogens with zero attached hydrogens (tertiary/aromatic N) is 1. The molecule has 3 rings (SSSR count). The molecule has 3 aromatic rings. The second-order valence-corrected chi connectivity index (χ2v) is 11.6. The SMILES string of the molecule is CCN(C(=O)C(Cc1ccccc1)NC(=O)OC(C)(C)C)C(C(=O)Nc1c(C)cccc1C)c1cc(C)cc(C)c1. The summed E-state index contributed by atoms with van der Waals surface area (Å²) < 4.78 is 5.50. The Bertz CT molecular complexity index is 1340. The molecule has 218 valence electrons. The minimum absolute atomic E-state index is 0.244. The Morgan fingerprint density at radius 1 is 0.854 bits per heavy atom. The van der Waals surface area contributed by atoms with Crippen molar-refractivity contribution in [1.29, 1.82) is 0 Å². The molecule has 2 unspecified atom stereocenters. The minimum atomic E-state index is -0.950. The van der Waals surface area contributed by atoms with Gasteiger partial charge in [-0.1, -0.05) is 77.9 Å². The number of aryl methyl sites for hydroxylation is 4. The van der Waals surface area contributed by atoms with Crippen LogP contribution in [0.4, 0.5) is 10.5 Å². The highest BCUT2D eigenvalue weighted by Gasteiger charge is 2.36.